The largest absolute Gasteiger partial charge is 0.473 e. The second-order valence-corrected chi connectivity index (χ2v) is 13.3. The lowest BCUT2D eigenvalue weighted by Crippen LogP contribution is -2.57. The van der Waals surface area contributed by atoms with E-state index in [1.165, 1.54) is 0 Å². The van der Waals surface area contributed by atoms with Gasteiger partial charge in [0, 0.05) is 50.5 Å². The van der Waals surface area contributed by atoms with Crippen LogP contribution in [0, 0.1) is 0 Å². The Morgan fingerprint density at radius 3 is 2.57 bits per heavy atom. The van der Waals surface area contributed by atoms with E-state index in [-0.39, 0.29) is 36.6 Å². The van der Waals surface area contributed by atoms with Gasteiger partial charge in [0.05, 0.1) is 23.9 Å². The van der Waals surface area contributed by atoms with Gasteiger partial charge in [0.25, 0.3) is 11.8 Å². The maximum atomic E-state index is 14.2. The van der Waals surface area contributed by atoms with Crippen molar-refractivity contribution in [2.45, 2.75) is 97.4 Å². The number of likely N-dealkylation sites (tertiary alicyclic amines) is 1. The lowest BCUT2D eigenvalue weighted by Gasteiger charge is -2.42. The van der Waals surface area contributed by atoms with Crippen molar-refractivity contribution in [3.8, 4) is 5.75 Å². The Morgan fingerprint density at radius 2 is 1.95 bits per heavy atom. The maximum Gasteiger partial charge on any atom is 0.410 e. The summed E-state index contributed by atoms with van der Waals surface area (Å²) in [5, 5.41) is 0. The number of nitrogens with zero attached hydrogens (tertiary/aromatic N) is 3. The summed E-state index contributed by atoms with van der Waals surface area (Å²) in [7, 11) is 1.66. The van der Waals surface area contributed by atoms with Crippen LogP contribution in [0.3, 0.4) is 0 Å². The molecule has 3 rings (SSSR count). The van der Waals surface area contributed by atoms with Crippen LogP contribution in [0.1, 0.15) is 84.5 Å². The molecule has 0 saturated carbocycles. The molecule has 10 nitrogen and oxygen atoms in total. The lowest BCUT2D eigenvalue weighted by atomic mass is 9.99. The van der Waals surface area contributed by atoms with Gasteiger partial charge in [-0.2, -0.15) is 0 Å². The standard InChI is InChI=1S/C31H48BrN3O7/c1-9-40-20-31(7)28(37)34(15-10-11-16-39-8)25-17-23(24(32)18-26(25)41-31)27(36)35(21(2)3)22-13-12-14-33(19-22)29(38)42-30(4,5)6/h17-18,21-22H,9-16,19-20H2,1-8H3/t22-,31?/m1/s1. The number of ether oxygens (including phenoxy) is 4. The smallest absolute Gasteiger partial charge is 0.410 e. The Morgan fingerprint density at radius 1 is 1.24 bits per heavy atom. The molecule has 0 aromatic heterocycles. The van der Waals surface area contributed by atoms with Crippen LogP contribution in [0.15, 0.2) is 16.6 Å². The highest BCUT2D eigenvalue weighted by Gasteiger charge is 2.46. The van der Waals surface area contributed by atoms with Crippen molar-refractivity contribution in [1.82, 2.24) is 9.80 Å². The number of carbonyl (C=O) groups excluding carboxylic acids is 3. The van der Waals surface area contributed by atoms with E-state index in [1.54, 1.807) is 36.0 Å². The molecule has 0 N–H and O–H groups in total. The van der Waals surface area contributed by atoms with E-state index in [2.05, 4.69) is 15.9 Å². The van der Waals surface area contributed by atoms with Crippen molar-refractivity contribution in [2.24, 2.45) is 0 Å². The van der Waals surface area contributed by atoms with Crippen LogP contribution < -0.4 is 9.64 Å². The van der Waals surface area contributed by atoms with Crippen molar-refractivity contribution >= 4 is 39.5 Å². The molecule has 1 aromatic rings. The first-order valence-corrected chi connectivity index (χ1v) is 15.7. The van der Waals surface area contributed by atoms with Gasteiger partial charge < -0.3 is 33.6 Å². The number of fused-ring (bicyclic) bond motifs is 1. The third kappa shape index (κ3) is 8.17. The molecule has 0 aliphatic carbocycles. The average molecular weight is 655 g/mol. The van der Waals surface area contributed by atoms with Gasteiger partial charge in [0.1, 0.15) is 11.4 Å². The van der Waals surface area contributed by atoms with Crippen molar-refractivity contribution < 1.29 is 33.3 Å². The third-order valence-electron chi connectivity index (χ3n) is 7.40. The van der Waals surface area contributed by atoms with Crippen LogP contribution in [0.2, 0.25) is 0 Å². The monoisotopic (exact) mass is 653 g/mol. The number of piperidine rings is 1. The Kier molecular flexibility index (Phi) is 11.7. The summed E-state index contributed by atoms with van der Waals surface area (Å²) in [5.41, 5.74) is -0.796. The second kappa shape index (κ2) is 14.4. The number of methoxy groups -OCH3 is 1. The SMILES string of the molecule is CCOCC1(C)Oc2cc(Br)c(C(=O)N(C(C)C)[C@@H]3CCCN(C(=O)OC(C)(C)C)C3)cc2N(CCCCOC)C1=O. The van der Waals surface area contributed by atoms with Gasteiger partial charge in [-0.05, 0) is 102 Å². The van der Waals surface area contributed by atoms with Crippen LogP contribution in [-0.2, 0) is 19.0 Å². The molecule has 1 aromatic carbocycles. The van der Waals surface area contributed by atoms with Gasteiger partial charge in [0.15, 0.2) is 0 Å². The molecule has 0 bridgehead atoms. The van der Waals surface area contributed by atoms with Crippen LogP contribution >= 0.6 is 15.9 Å². The Bertz CT molecular complexity index is 1120. The van der Waals surface area contributed by atoms with E-state index in [0.717, 1.165) is 25.7 Å². The first kappa shape index (κ1) is 34.1. The second-order valence-electron chi connectivity index (χ2n) is 12.5. The number of amides is 3. The zero-order valence-electron chi connectivity index (χ0n) is 26.5. The average Bonchev–Trinajstić information content (AvgIpc) is 2.91. The van der Waals surface area contributed by atoms with Crippen LogP contribution in [0.25, 0.3) is 0 Å². The minimum Gasteiger partial charge on any atom is -0.473 e. The van der Waals surface area contributed by atoms with E-state index in [9.17, 15) is 14.4 Å². The number of carbonyl (C=O) groups is 3. The Hall–Kier alpha value is -2.37. The maximum absolute atomic E-state index is 14.2. The summed E-state index contributed by atoms with van der Waals surface area (Å²) in [6, 6.07) is 3.22. The van der Waals surface area contributed by atoms with Crippen molar-refractivity contribution in [2.75, 3.05) is 51.5 Å². The number of hydrogen-bond donors (Lipinski definition) is 0. The molecular formula is C31H48BrN3O7. The minimum absolute atomic E-state index is 0.117. The molecule has 1 saturated heterocycles. The summed E-state index contributed by atoms with van der Waals surface area (Å²) in [4.78, 5) is 46.1. The normalized spacial score (nSPS) is 20.8. The van der Waals surface area contributed by atoms with E-state index >= 15 is 0 Å². The quantitative estimate of drug-likeness (QED) is 0.285. The molecule has 1 fully saturated rings. The van der Waals surface area contributed by atoms with Crippen LogP contribution in [0.4, 0.5) is 10.5 Å². The fraction of sp³-hybridized carbons (Fsp3) is 0.710. The van der Waals surface area contributed by atoms with E-state index < -0.39 is 11.2 Å². The Balaban J connectivity index is 1.94. The molecule has 2 aliphatic rings. The summed E-state index contributed by atoms with van der Waals surface area (Å²) < 4.78 is 23.3. The number of anilines is 1. The van der Waals surface area contributed by atoms with Crippen molar-refractivity contribution in [3.05, 3.63) is 22.2 Å². The highest BCUT2D eigenvalue weighted by atomic mass is 79.9. The summed E-state index contributed by atoms with van der Waals surface area (Å²) in [6.45, 7) is 15.7. The fourth-order valence-electron chi connectivity index (χ4n) is 5.44. The molecule has 42 heavy (non-hydrogen) atoms. The molecule has 236 valence electrons. The molecule has 2 atom stereocenters. The topological polar surface area (TPSA) is 97.8 Å². The van der Waals surface area contributed by atoms with Crippen LogP contribution in [0.5, 0.6) is 5.75 Å². The first-order chi connectivity index (χ1) is 19.7. The number of hydrogen-bond acceptors (Lipinski definition) is 7. The van der Waals surface area contributed by atoms with Gasteiger partial charge >= 0.3 is 6.09 Å². The summed E-state index contributed by atoms with van der Waals surface area (Å²) in [6.07, 6.45) is 2.69. The molecular weight excluding hydrogens is 606 g/mol. The summed E-state index contributed by atoms with van der Waals surface area (Å²) in [5.74, 6) is 0.129. The van der Waals surface area contributed by atoms with E-state index in [4.69, 9.17) is 18.9 Å². The summed E-state index contributed by atoms with van der Waals surface area (Å²) >= 11 is 3.62. The zero-order chi connectivity index (χ0) is 31.2. The van der Waals surface area contributed by atoms with Crippen LogP contribution in [-0.4, -0.2) is 97.6 Å². The zero-order valence-corrected chi connectivity index (χ0v) is 28.0. The fourth-order valence-corrected chi connectivity index (χ4v) is 5.93. The van der Waals surface area contributed by atoms with Gasteiger partial charge in [-0.3, -0.25) is 9.59 Å². The highest BCUT2D eigenvalue weighted by Crippen LogP contribution is 2.42. The molecule has 0 spiro atoms. The molecule has 1 unspecified atom stereocenters. The van der Waals surface area contributed by atoms with E-state index in [1.807, 2.05) is 46.4 Å². The number of rotatable bonds is 11. The minimum atomic E-state index is -1.19. The van der Waals surface area contributed by atoms with E-state index in [0.29, 0.717) is 54.3 Å². The number of benzene rings is 1. The van der Waals surface area contributed by atoms with Gasteiger partial charge in [-0.15, -0.1) is 0 Å². The predicted octanol–water partition coefficient (Wildman–Crippen LogP) is 5.65. The third-order valence-corrected chi connectivity index (χ3v) is 8.05. The van der Waals surface area contributed by atoms with Gasteiger partial charge in [0.2, 0.25) is 5.60 Å². The van der Waals surface area contributed by atoms with Gasteiger partial charge in [-0.1, -0.05) is 0 Å². The highest BCUT2D eigenvalue weighted by molar-refractivity contribution is 9.10. The molecule has 3 amide bonds. The van der Waals surface area contributed by atoms with Gasteiger partial charge in [-0.25, -0.2) is 4.79 Å². The predicted molar refractivity (Wildman–Crippen MR) is 165 cm³/mol. The lowest BCUT2D eigenvalue weighted by molar-refractivity contribution is -0.139. The molecule has 0 radical (unpaired) electrons. The molecule has 2 heterocycles. The Labute approximate surface area is 259 Å². The molecule has 11 heteroatoms. The van der Waals surface area contributed by atoms with Crippen molar-refractivity contribution in [1.29, 1.82) is 0 Å². The van der Waals surface area contributed by atoms with Crippen molar-refractivity contribution in [3.63, 3.8) is 0 Å². The first-order valence-electron chi connectivity index (χ1n) is 14.9. The number of halogens is 1. The number of unbranched alkanes of at least 4 members (excludes halogenated alkanes) is 1. The molecule has 2 aliphatic heterocycles.